The minimum Gasteiger partial charge on any atom is -0.391 e. The number of nitrogens with one attached hydrogen (secondary N) is 1. The van der Waals surface area contributed by atoms with Gasteiger partial charge in [0.1, 0.15) is 10.0 Å². The molecule has 2 aromatic rings. The maximum absolute atomic E-state index is 13.2. The van der Waals surface area contributed by atoms with Crippen LogP contribution in [-0.2, 0) is 16.6 Å². The Morgan fingerprint density at radius 1 is 1.32 bits per heavy atom. The molecule has 0 fully saturated rings. The van der Waals surface area contributed by atoms with Gasteiger partial charge in [0.2, 0.25) is 0 Å². The molecule has 0 aliphatic rings. The van der Waals surface area contributed by atoms with Crippen molar-refractivity contribution in [2.24, 2.45) is 0 Å². The number of thiophene rings is 1. The smallest absolute Gasteiger partial charge is 0.271 e. The lowest BCUT2D eigenvalue weighted by Crippen LogP contribution is -2.11. The van der Waals surface area contributed by atoms with Gasteiger partial charge in [-0.3, -0.25) is 4.72 Å². The Morgan fingerprint density at radius 2 is 2.05 bits per heavy atom. The number of anilines is 1. The Hall–Kier alpha value is -1.15. The fourth-order valence-corrected chi connectivity index (χ4v) is 3.74. The van der Waals surface area contributed by atoms with Crippen molar-refractivity contribution in [3.8, 4) is 0 Å². The molecule has 1 aromatic heterocycles. The molecule has 1 aromatic carbocycles. The summed E-state index contributed by atoms with van der Waals surface area (Å²) >= 11 is 6.46. The van der Waals surface area contributed by atoms with Crippen LogP contribution >= 0.6 is 22.9 Å². The van der Waals surface area contributed by atoms with E-state index in [0.717, 1.165) is 17.4 Å². The van der Waals surface area contributed by atoms with E-state index >= 15 is 0 Å². The monoisotopic (exact) mass is 321 g/mol. The zero-order valence-electron chi connectivity index (χ0n) is 9.43. The van der Waals surface area contributed by atoms with E-state index in [1.54, 1.807) is 0 Å². The molecule has 0 saturated carbocycles. The molecule has 0 amide bonds. The average molecular weight is 322 g/mol. The molecule has 102 valence electrons. The fourth-order valence-electron chi connectivity index (χ4n) is 1.35. The summed E-state index contributed by atoms with van der Waals surface area (Å²) in [4.78, 5) is 0.530. The summed E-state index contributed by atoms with van der Waals surface area (Å²) in [6.07, 6.45) is 0. The molecule has 0 aliphatic heterocycles. The molecule has 0 saturated heterocycles. The third-order valence-electron chi connectivity index (χ3n) is 2.23. The predicted octanol–water partition coefficient (Wildman–Crippen LogP) is 2.83. The van der Waals surface area contributed by atoms with Gasteiger partial charge in [-0.25, -0.2) is 12.8 Å². The third kappa shape index (κ3) is 3.24. The molecule has 0 spiro atoms. The van der Waals surface area contributed by atoms with E-state index in [4.69, 9.17) is 16.7 Å². The Bertz CT molecular complexity index is 700. The Labute approximate surface area is 118 Å². The molecular formula is C11H9ClFNO3S2. The van der Waals surface area contributed by atoms with Gasteiger partial charge in [-0.1, -0.05) is 11.6 Å². The maximum atomic E-state index is 13.2. The second-order valence-corrected chi connectivity index (χ2v) is 7.10. The zero-order chi connectivity index (χ0) is 14.0. The van der Waals surface area contributed by atoms with Crippen molar-refractivity contribution in [1.82, 2.24) is 0 Å². The van der Waals surface area contributed by atoms with E-state index in [1.165, 1.54) is 24.3 Å². The lowest BCUT2D eigenvalue weighted by Gasteiger charge is -2.06. The van der Waals surface area contributed by atoms with Crippen molar-refractivity contribution in [3.63, 3.8) is 0 Å². The van der Waals surface area contributed by atoms with Gasteiger partial charge in [0.25, 0.3) is 10.0 Å². The van der Waals surface area contributed by atoms with Crippen molar-refractivity contribution in [3.05, 3.63) is 46.0 Å². The normalized spacial score (nSPS) is 11.5. The summed E-state index contributed by atoms with van der Waals surface area (Å²) < 4.78 is 39.5. The topological polar surface area (TPSA) is 66.4 Å². The van der Waals surface area contributed by atoms with Crippen LogP contribution < -0.4 is 4.72 Å². The van der Waals surface area contributed by atoms with E-state index in [9.17, 15) is 12.8 Å². The molecule has 2 rings (SSSR count). The minimum atomic E-state index is -3.78. The van der Waals surface area contributed by atoms with Crippen LogP contribution in [-0.4, -0.2) is 13.5 Å². The minimum absolute atomic E-state index is 0.0481. The number of aliphatic hydroxyl groups is 1. The van der Waals surface area contributed by atoms with Crippen molar-refractivity contribution < 1.29 is 17.9 Å². The van der Waals surface area contributed by atoms with E-state index in [1.807, 2.05) is 0 Å². The van der Waals surface area contributed by atoms with Crippen LogP contribution in [0.15, 0.2) is 34.5 Å². The molecule has 4 nitrogen and oxygen atoms in total. The van der Waals surface area contributed by atoms with Gasteiger partial charge in [-0.05, 0) is 30.3 Å². The van der Waals surface area contributed by atoms with Gasteiger partial charge < -0.3 is 5.11 Å². The third-order valence-corrected chi connectivity index (χ3v) is 5.48. The van der Waals surface area contributed by atoms with E-state index in [2.05, 4.69) is 4.72 Å². The van der Waals surface area contributed by atoms with Crippen LogP contribution in [0.4, 0.5) is 10.1 Å². The molecule has 8 heteroatoms. The molecular weight excluding hydrogens is 313 g/mol. The number of hydrogen-bond donors (Lipinski definition) is 2. The van der Waals surface area contributed by atoms with E-state index in [-0.39, 0.29) is 21.5 Å². The molecule has 19 heavy (non-hydrogen) atoms. The molecule has 2 N–H and O–H groups in total. The number of benzene rings is 1. The van der Waals surface area contributed by atoms with Gasteiger partial charge in [-0.15, -0.1) is 11.3 Å². The zero-order valence-corrected chi connectivity index (χ0v) is 11.8. The predicted molar refractivity (Wildman–Crippen MR) is 72.5 cm³/mol. The summed E-state index contributed by atoms with van der Waals surface area (Å²) in [5.41, 5.74) is 0.0841. The standard InChI is InChI=1S/C11H9ClFNO3S2/c12-9-3-1-7(5-10(9)13)14-19(16,17)11-4-2-8(6-15)18-11/h1-5,14-15H,6H2. The fraction of sp³-hybridized carbons (Fsp3) is 0.0909. The molecule has 1 heterocycles. The Morgan fingerprint density at radius 3 is 2.63 bits per heavy atom. The van der Waals surface area contributed by atoms with Crippen LogP contribution in [0, 0.1) is 5.82 Å². The quantitative estimate of drug-likeness (QED) is 0.910. The van der Waals surface area contributed by atoms with Crippen molar-refractivity contribution in [2.75, 3.05) is 4.72 Å². The highest BCUT2D eigenvalue weighted by Gasteiger charge is 2.17. The van der Waals surface area contributed by atoms with Crippen molar-refractivity contribution in [1.29, 1.82) is 0 Å². The largest absolute Gasteiger partial charge is 0.391 e. The molecule has 0 unspecified atom stereocenters. The second kappa shape index (κ2) is 5.46. The summed E-state index contributed by atoms with van der Waals surface area (Å²) in [7, 11) is -3.78. The number of hydrogen-bond acceptors (Lipinski definition) is 4. The summed E-state index contributed by atoms with van der Waals surface area (Å²) in [5, 5.41) is 8.82. The number of halogens is 2. The van der Waals surface area contributed by atoms with E-state index < -0.39 is 15.8 Å². The average Bonchev–Trinajstić information content (AvgIpc) is 2.83. The van der Waals surface area contributed by atoms with E-state index in [0.29, 0.717) is 4.88 Å². The highest BCUT2D eigenvalue weighted by atomic mass is 35.5. The van der Waals surface area contributed by atoms with Crippen molar-refractivity contribution >= 4 is 38.6 Å². The van der Waals surface area contributed by atoms with Crippen LogP contribution in [0.2, 0.25) is 5.02 Å². The number of sulfonamides is 1. The molecule has 0 bridgehead atoms. The molecule has 0 aliphatic carbocycles. The van der Waals surface area contributed by atoms with Crippen LogP contribution in [0.3, 0.4) is 0 Å². The highest BCUT2D eigenvalue weighted by molar-refractivity contribution is 7.94. The van der Waals surface area contributed by atoms with Gasteiger partial charge in [0.05, 0.1) is 17.3 Å². The maximum Gasteiger partial charge on any atom is 0.271 e. The summed E-state index contributed by atoms with van der Waals surface area (Å²) in [6.45, 7) is -0.226. The first kappa shape index (κ1) is 14.3. The lowest BCUT2D eigenvalue weighted by molar-refractivity contribution is 0.285. The van der Waals surface area contributed by atoms with Crippen LogP contribution in [0.25, 0.3) is 0 Å². The number of rotatable bonds is 4. The van der Waals surface area contributed by atoms with Gasteiger partial charge in [0.15, 0.2) is 0 Å². The first-order valence-electron chi connectivity index (χ1n) is 5.10. The van der Waals surface area contributed by atoms with Crippen LogP contribution in [0.1, 0.15) is 4.88 Å². The van der Waals surface area contributed by atoms with Crippen LogP contribution in [0.5, 0.6) is 0 Å². The lowest BCUT2D eigenvalue weighted by atomic mass is 10.3. The SMILES string of the molecule is O=S(=O)(Nc1ccc(Cl)c(F)c1)c1ccc(CO)s1. The Kier molecular flexibility index (Phi) is 4.10. The first-order valence-corrected chi connectivity index (χ1v) is 7.77. The first-order chi connectivity index (χ1) is 8.92. The van der Waals surface area contributed by atoms with Gasteiger partial charge >= 0.3 is 0 Å². The summed E-state index contributed by atoms with van der Waals surface area (Å²) in [6, 6.07) is 6.53. The highest BCUT2D eigenvalue weighted by Crippen LogP contribution is 2.25. The second-order valence-electron chi connectivity index (χ2n) is 3.61. The Balaban J connectivity index is 2.28. The summed E-state index contributed by atoms with van der Waals surface area (Å²) in [5.74, 6) is -0.705. The van der Waals surface area contributed by atoms with Crippen molar-refractivity contribution in [2.45, 2.75) is 10.8 Å². The van der Waals surface area contributed by atoms with Gasteiger partial charge in [-0.2, -0.15) is 0 Å². The molecule has 0 atom stereocenters. The molecule has 0 radical (unpaired) electrons. The number of aliphatic hydroxyl groups excluding tert-OH is 1. The van der Waals surface area contributed by atoms with Gasteiger partial charge in [0, 0.05) is 4.88 Å².